The van der Waals surface area contributed by atoms with Crippen LogP contribution < -0.4 is 0 Å². The Morgan fingerprint density at radius 1 is 1.50 bits per heavy atom. The van der Waals surface area contributed by atoms with Crippen molar-refractivity contribution in [2.45, 2.75) is 0 Å². The SMILES string of the molecule is Fc1c(Cl)ccc2[nH]c(Br)nc12. The topological polar surface area (TPSA) is 28.7 Å². The van der Waals surface area contributed by atoms with Gasteiger partial charge >= 0.3 is 0 Å². The van der Waals surface area contributed by atoms with Crippen molar-refractivity contribution in [1.29, 1.82) is 0 Å². The Balaban J connectivity index is 2.89. The fraction of sp³-hybridized carbons (Fsp3) is 0. The van der Waals surface area contributed by atoms with Crippen molar-refractivity contribution in [3.8, 4) is 0 Å². The van der Waals surface area contributed by atoms with Crippen molar-refractivity contribution in [3.63, 3.8) is 0 Å². The van der Waals surface area contributed by atoms with E-state index in [9.17, 15) is 4.39 Å². The Morgan fingerprint density at radius 2 is 2.25 bits per heavy atom. The van der Waals surface area contributed by atoms with Crippen LogP contribution in [0.1, 0.15) is 0 Å². The summed E-state index contributed by atoms with van der Waals surface area (Å²) >= 11 is 8.66. The normalized spacial score (nSPS) is 10.9. The van der Waals surface area contributed by atoms with Crippen LogP contribution in [0.25, 0.3) is 11.0 Å². The van der Waals surface area contributed by atoms with Crippen molar-refractivity contribution in [3.05, 3.63) is 27.7 Å². The molecule has 62 valence electrons. The second-order valence-corrected chi connectivity index (χ2v) is 3.44. The molecule has 0 saturated heterocycles. The smallest absolute Gasteiger partial charge is 0.175 e. The Morgan fingerprint density at radius 3 is 3.00 bits per heavy atom. The lowest BCUT2D eigenvalue weighted by molar-refractivity contribution is 0.637. The molecule has 1 N–H and O–H groups in total. The molecule has 0 saturated carbocycles. The first kappa shape index (κ1) is 8.01. The molecule has 12 heavy (non-hydrogen) atoms. The molecule has 1 aromatic heterocycles. The van der Waals surface area contributed by atoms with E-state index >= 15 is 0 Å². The zero-order valence-electron chi connectivity index (χ0n) is 5.74. The standard InChI is InChI=1S/C7H3BrClFN2/c8-7-11-4-2-1-3(9)5(10)6(4)12-7/h1-2H,(H,11,12). The van der Waals surface area contributed by atoms with E-state index in [0.29, 0.717) is 10.3 Å². The molecular formula is C7H3BrClFN2. The summed E-state index contributed by atoms with van der Waals surface area (Å²) < 4.78 is 13.7. The van der Waals surface area contributed by atoms with Gasteiger partial charge in [-0.3, -0.25) is 0 Å². The molecule has 0 bridgehead atoms. The fourth-order valence-electron chi connectivity index (χ4n) is 0.987. The van der Waals surface area contributed by atoms with Gasteiger partial charge in [-0.2, -0.15) is 0 Å². The number of aromatic amines is 1. The lowest BCUT2D eigenvalue weighted by Gasteiger charge is -1.92. The Labute approximate surface area is 80.9 Å². The van der Waals surface area contributed by atoms with E-state index in [1.54, 1.807) is 6.07 Å². The minimum absolute atomic E-state index is 0.0847. The number of H-pyrrole nitrogens is 1. The van der Waals surface area contributed by atoms with Crippen LogP contribution in [-0.4, -0.2) is 9.97 Å². The number of hydrogen-bond acceptors (Lipinski definition) is 1. The predicted molar refractivity (Wildman–Crippen MR) is 48.8 cm³/mol. The molecule has 1 aromatic carbocycles. The van der Waals surface area contributed by atoms with Crippen LogP contribution in [0.5, 0.6) is 0 Å². The van der Waals surface area contributed by atoms with E-state index < -0.39 is 5.82 Å². The molecule has 0 spiro atoms. The molecule has 0 radical (unpaired) electrons. The Hall–Kier alpha value is -0.610. The number of fused-ring (bicyclic) bond motifs is 1. The van der Waals surface area contributed by atoms with Gasteiger partial charge in [0.1, 0.15) is 5.52 Å². The van der Waals surface area contributed by atoms with Crippen LogP contribution >= 0.6 is 27.5 Å². The van der Waals surface area contributed by atoms with E-state index in [-0.39, 0.29) is 10.5 Å². The van der Waals surface area contributed by atoms with Gasteiger partial charge in [0.05, 0.1) is 10.5 Å². The summed E-state index contributed by atoms with van der Waals surface area (Å²) in [6.07, 6.45) is 0. The Kier molecular flexibility index (Phi) is 1.81. The molecule has 0 aliphatic carbocycles. The van der Waals surface area contributed by atoms with Gasteiger partial charge in [0, 0.05) is 0 Å². The molecule has 2 rings (SSSR count). The highest BCUT2D eigenvalue weighted by Crippen LogP contribution is 2.23. The number of halogens is 3. The summed E-state index contributed by atoms with van der Waals surface area (Å²) in [6.45, 7) is 0. The van der Waals surface area contributed by atoms with Crippen LogP contribution in [0.4, 0.5) is 4.39 Å². The lowest BCUT2D eigenvalue weighted by atomic mass is 10.3. The van der Waals surface area contributed by atoms with Crippen LogP contribution in [-0.2, 0) is 0 Å². The number of aromatic nitrogens is 2. The van der Waals surface area contributed by atoms with Crippen molar-refractivity contribution in [1.82, 2.24) is 9.97 Å². The summed E-state index contributed by atoms with van der Waals surface area (Å²) in [4.78, 5) is 6.71. The van der Waals surface area contributed by atoms with Crippen molar-refractivity contribution >= 4 is 38.6 Å². The minimum atomic E-state index is -0.490. The molecule has 0 atom stereocenters. The average molecular weight is 249 g/mol. The second kappa shape index (κ2) is 2.71. The number of hydrogen-bond donors (Lipinski definition) is 1. The van der Waals surface area contributed by atoms with Crippen LogP contribution in [0.3, 0.4) is 0 Å². The van der Waals surface area contributed by atoms with Gasteiger partial charge in [-0.15, -0.1) is 0 Å². The quantitative estimate of drug-likeness (QED) is 0.763. The maximum absolute atomic E-state index is 13.2. The molecule has 0 aliphatic rings. The Bertz CT molecular complexity index is 440. The predicted octanol–water partition coefficient (Wildman–Crippen LogP) is 3.12. The first-order chi connectivity index (χ1) is 5.68. The van der Waals surface area contributed by atoms with E-state index in [1.807, 2.05) is 0 Å². The van der Waals surface area contributed by atoms with Gasteiger partial charge in [0.2, 0.25) is 0 Å². The summed E-state index contributed by atoms with van der Waals surface area (Å²) in [7, 11) is 0. The zero-order valence-corrected chi connectivity index (χ0v) is 8.08. The van der Waals surface area contributed by atoms with Crippen molar-refractivity contribution in [2.24, 2.45) is 0 Å². The zero-order chi connectivity index (χ0) is 8.72. The number of imidazole rings is 1. The number of rotatable bonds is 0. The molecule has 1 heterocycles. The average Bonchev–Trinajstić information content (AvgIpc) is 2.39. The largest absolute Gasteiger partial charge is 0.332 e. The van der Waals surface area contributed by atoms with Crippen LogP contribution in [0.2, 0.25) is 5.02 Å². The highest BCUT2D eigenvalue weighted by molar-refractivity contribution is 9.10. The maximum Gasteiger partial charge on any atom is 0.175 e. The van der Waals surface area contributed by atoms with Gasteiger partial charge in [0.25, 0.3) is 0 Å². The molecular weight excluding hydrogens is 246 g/mol. The number of nitrogens with zero attached hydrogens (tertiary/aromatic N) is 1. The summed E-state index contributed by atoms with van der Waals surface area (Å²) in [6, 6.07) is 3.17. The van der Waals surface area contributed by atoms with Crippen molar-refractivity contribution < 1.29 is 4.39 Å². The van der Waals surface area contributed by atoms with Gasteiger partial charge in [-0.25, -0.2) is 9.37 Å². The molecule has 0 aliphatic heterocycles. The first-order valence-corrected chi connectivity index (χ1v) is 4.35. The third kappa shape index (κ3) is 1.11. The summed E-state index contributed by atoms with van der Waals surface area (Å²) in [5.41, 5.74) is 0.887. The number of nitrogens with one attached hydrogen (secondary N) is 1. The minimum Gasteiger partial charge on any atom is -0.332 e. The van der Waals surface area contributed by atoms with E-state index in [1.165, 1.54) is 6.07 Å². The number of benzene rings is 1. The first-order valence-electron chi connectivity index (χ1n) is 3.17. The molecule has 0 amide bonds. The van der Waals surface area contributed by atoms with Gasteiger partial charge < -0.3 is 4.98 Å². The molecule has 0 fully saturated rings. The highest BCUT2D eigenvalue weighted by atomic mass is 79.9. The van der Waals surface area contributed by atoms with Crippen LogP contribution in [0.15, 0.2) is 16.9 Å². The second-order valence-electron chi connectivity index (χ2n) is 2.29. The highest BCUT2D eigenvalue weighted by Gasteiger charge is 2.08. The van der Waals surface area contributed by atoms with Gasteiger partial charge in [-0.1, -0.05) is 11.6 Å². The molecule has 0 unspecified atom stereocenters. The van der Waals surface area contributed by atoms with E-state index in [2.05, 4.69) is 25.9 Å². The van der Waals surface area contributed by atoms with Gasteiger partial charge in [0.15, 0.2) is 10.6 Å². The van der Waals surface area contributed by atoms with Crippen LogP contribution in [0, 0.1) is 5.82 Å². The summed E-state index contributed by atoms with van der Waals surface area (Å²) in [5, 5.41) is 0.0847. The van der Waals surface area contributed by atoms with E-state index in [4.69, 9.17) is 11.6 Å². The molecule has 2 aromatic rings. The maximum atomic E-state index is 13.2. The fourth-order valence-corrected chi connectivity index (χ4v) is 1.53. The lowest BCUT2D eigenvalue weighted by Crippen LogP contribution is -1.78. The van der Waals surface area contributed by atoms with E-state index in [0.717, 1.165) is 0 Å². The molecule has 2 nitrogen and oxygen atoms in total. The summed E-state index contributed by atoms with van der Waals surface area (Å²) in [5.74, 6) is -0.490. The third-order valence-electron chi connectivity index (χ3n) is 1.52. The molecule has 5 heteroatoms. The monoisotopic (exact) mass is 248 g/mol. The van der Waals surface area contributed by atoms with Gasteiger partial charge in [-0.05, 0) is 28.1 Å². The third-order valence-corrected chi connectivity index (χ3v) is 2.18. The van der Waals surface area contributed by atoms with Crippen molar-refractivity contribution in [2.75, 3.05) is 0 Å².